The quantitative estimate of drug-likeness (QED) is 0.844. The summed E-state index contributed by atoms with van der Waals surface area (Å²) in [5, 5.41) is 4.34. The zero-order valence-corrected chi connectivity index (χ0v) is 14.8. The molecule has 1 aliphatic heterocycles. The summed E-state index contributed by atoms with van der Waals surface area (Å²) in [5.41, 5.74) is 1.01. The average Bonchev–Trinajstić information content (AvgIpc) is 3.19. The highest BCUT2D eigenvalue weighted by Gasteiger charge is 2.44. The largest absolute Gasteiger partial charge is 0.464 e. The lowest BCUT2D eigenvalue weighted by atomic mass is 9.92. The van der Waals surface area contributed by atoms with E-state index in [4.69, 9.17) is 16.6 Å². The van der Waals surface area contributed by atoms with Gasteiger partial charge in [-0.05, 0) is 56.2 Å². The highest BCUT2D eigenvalue weighted by atomic mass is 32.1. The molecule has 0 spiro atoms. The van der Waals surface area contributed by atoms with Gasteiger partial charge in [0.2, 0.25) is 0 Å². The van der Waals surface area contributed by atoms with Crippen LogP contribution in [0, 0.1) is 6.92 Å². The molecule has 4 rings (SSSR count). The predicted octanol–water partition coefficient (Wildman–Crippen LogP) is 4.29. The first-order valence-electron chi connectivity index (χ1n) is 8.80. The summed E-state index contributed by atoms with van der Waals surface area (Å²) < 4.78 is 6.02. The van der Waals surface area contributed by atoms with Gasteiger partial charge in [0.05, 0.1) is 11.7 Å². The van der Waals surface area contributed by atoms with E-state index in [-0.39, 0.29) is 12.1 Å². The van der Waals surface area contributed by atoms with E-state index < -0.39 is 0 Å². The molecule has 2 aromatic heterocycles. The summed E-state index contributed by atoms with van der Waals surface area (Å²) in [6, 6.07) is 10.8. The molecule has 126 valence electrons. The van der Waals surface area contributed by atoms with Crippen LogP contribution in [0.2, 0.25) is 0 Å². The molecule has 3 heterocycles. The van der Waals surface area contributed by atoms with Crippen molar-refractivity contribution in [2.75, 3.05) is 0 Å². The summed E-state index contributed by atoms with van der Waals surface area (Å²) in [6.07, 6.45) is 8.14. The monoisotopic (exact) mass is 341 g/mol. The van der Waals surface area contributed by atoms with Crippen molar-refractivity contribution in [2.24, 2.45) is 0 Å². The zero-order chi connectivity index (χ0) is 16.5. The van der Waals surface area contributed by atoms with Gasteiger partial charge in [0.15, 0.2) is 5.11 Å². The van der Waals surface area contributed by atoms with E-state index in [1.807, 2.05) is 31.3 Å². The fourth-order valence-electron chi connectivity index (χ4n) is 4.03. The first-order valence-corrected chi connectivity index (χ1v) is 9.21. The van der Waals surface area contributed by atoms with Crippen molar-refractivity contribution >= 4 is 17.3 Å². The van der Waals surface area contributed by atoms with Gasteiger partial charge in [-0.15, -0.1) is 0 Å². The SMILES string of the molecule is Cc1ccc(C2C(c3ccccn3)NC(=S)N2C2CCCCC2)o1. The molecular formula is C19H23N3OS. The van der Waals surface area contributed by atoms with Crippen LogP contribution in [-0.4, -0.2) is 21.0 Å². The molecule has 4 nitrogen and oxygen atoms in total. The summed E-state index contributed by atoms with van der Waals surface area (Å²) >= 11 is 5.73. The van der Waals surface area contributed by atoms with Crippen molar-refractivity contribution in [3.05, 3.63) is 53.7 Å². The molecule has 1 saturated heterocycles. The molecule has 5 heteroatoms. The van der Waals surface area contributed by atoms with E-state index in [2.05, 4.69) is 27.3 Å². The van der Waals surface area contributed by atoms with Gasteiger partial charge in [0.1, 0.15) is 17.6 Å². The Balaban J connectivity index is 1.73. The van der Waals surface area contributed by atoms with Crippen molar-refractivity contribution in [1.29, 1.82) is 0 Å². The zero-order valence-electron chi connectivity index (χ0n) is 13.9. The normalized spacial score (nSPS) is 25.0. The third-order valence-electron chi connectivity index (χ3n) is 5.16. The van der Waals surface area contributed by atoms with E-state index in [1.54, 1.807) is 0 Å². The maximum absolute atomic E-state index is 6.02. The van der Waals surface area contributed by atoms with Crippen LogP contribution in [0.25, 0.3) is 0 Å². The number of nitrogens with one attached hydrogen (secondary N) is 1. The average molecular weight is 341 g/mol. The summed E-state index contributed by atoms with van der Waals surface area (Å²) in [4.78, 5) is 6.95. The topological polar surface area (TPSA) is 41.3 Å². The third kappa shape index (κ3) is 2.81. The van der Waals surface area contributed by atoms with Gasteiger partial charge >= 0.3 is 0 Å². The van der Waals surface area contributed by atoms with Gasteiger partial charge in [0.25, 0.3) is 0 Å². The Morgan fingerprint density at radius 3 is 2.67 bits per heavy atom. The fraction of sp³-hybridized carbons (Fsp3) is 0.474. The molecule has 2 aromatic rings. The molecule has 2 aliphatic rings. The van der Waals surface area contributed by atoms with Gasteiger partial charge in [0, 0.05) is 12.2 Å². The summed E-state index contributed by atoms with van der Waals surface area (Å²) in [7, 11) is 0. The summed E-state index contributed by atoms with van der Waals surface area (Å²) in [5.74, 6) is 1.91. The number of nitrogens with zero attached hydrogens (tertiary/aromatic N) is 2. The van der Waals surface area contributed by atoms with E-state index in [9.17, 15) is 0 Å². The first-order chi connectivity index (χ1) is 11.7. The Morgan fingerprint density at radius 1 is 1.17 bits per heavy atom. The number of thiocarbonyl (C=S) groups is 1. The first kappa shape index (κ1) is 15.6. The number of hydrogen-bond acceptors (Lipinski definition) is 3. The van der Waals surface area contributed by atoms with E-state index in [1.165, 1.54) is 32.1 Å². The highest BCUT2D eigenvalue weighted by Crippen LogP contribution is 2.42. The Hall–Kier alpha value is -1.88. The van der Waals surface area contributed by atoms with Crippen LogP contribution in [-0.2, 0) is 0 Å². The summed E-state index contributed by atoms with van der Waals surface area (Å²) in [6.45, 7) is 1.99. The molecule has 0 radical (unpaired) electrons. The number of pyridine rings is 1. The molecule has 0 bridgehead atoms. The maximum Gasteiger partial charge on any atom is 0.170 e. The smallest absolute Gasteiger partial charge is 0.170 e. The van der Waals surface area contributed by atoms with Gasteiger partial charge in [-0.2, -0.15) is 0 Å². The Kier molecular flexibility index (Phi) is 4.27. The number of aryl methyl sites for hydroxylation is 1. The molecule has 1 aliphatic carbocycles. The van der Waals surface area contributed by atoms with Crippen LogP contribution in [0.1, 0.15) is 61.4 Å². The van der Waals surface area contributed by atoms with Crippen LogP contribution in [0.4, 0.5) is 0 Å². The number of aromatic nitrogens is 1. The van der Waals surface area contributed by atoms with E-state index in [0.717, 1.165) is 22.3 Å². The van der Waals surface area contributed by atoms with Crippen LogP contribution in [0.15, 0.2) is 40.9 Å². The molecule has 1 saturated carbocycles. The van der Waals surface area contributed by atoms with Crippen molar-refractivity contribution in [1.82, 2.24) is 15.2 Å². The van der Waals surface area contributed by atoms with E-state index in [0.29, 0.717) is 6.04 Å². The molecule has 2 atom stereocenters. The molecule has 1 N–H and O–H groups in total. The van der Waals surface area contributed by atoms with E-state index >= 15 is 0 Å². The minimum absolute atomic E-state index is 0.0335. The molecule has 0 amide bonds. The van der Waals surface area contributed by atoms with Gasteiger partial charge < -0.3 is 14.6 Å². The molecule has 2 fully saturated rings. The minimum Gasteiger partial charge on any atom is -0.464 e. The van der Waals surface area contributed by atoms with Crippen molar-refractivity contribution in [3.63, 3.8) is 0 Å². The Bertz CT molecular complexity index is 708. The maximum atomic E-state index is 6.02. The van der Waals surface area contributed by atoms with Crippen LogP contribution >= 0.6 is 12.2 Å². The van der Waals surface area contributed by atoms with Crippen LogP contribution < -0.4 is 5.32 Å². The lowest BCUT2D eigenvalue weighted by molar-refractivity contribution is 0.177. The van der Waals surface area contributed by atoms with Crippen molar-refractivity contribution < 1.29 is 4.42 Å². The standard InChI is InChI=1S/C19H23N3OS/c1-13-10-11-16(23-13)18-17(15-9-5-6-12-20-15)21-19(24)22(18)14-7-3-2-4-8-14/h5-6,9-12,14,17-18H,2-4,7-8H2,1H3,(H,21,24). The fourth-order valence-corrected chi connectivity index (χ4v) is 4.42. The van der Waals surface area contributed by atoms with Gasteiger partial charge in [-0.25, -0.2) is 0 Å². The molecular weight excluding hydrogens is 318 g/mol. The number of rotatable bonds is 3. The molecule has 24 heavy (non-hydrogen) atoms. The lowest BCUT2D eigenvalue weighted by Gasteiger charge is -2.36. The lowest BCUT2D eigenvalue weighted by Crippen LogP contribution is -2.40. The molecule has 2 unspecified atom stereocenters. The van der Waals surface area contributed by atoms with Crippen molar-refractivity contribution in [3.8, 4) is 0 Å². The Morgan fingerprint density at radius 2 is 2.00 bits per heavy atom. The third-order valence-corrected chi connectivity index (χ3v) is 5.48. The second kappa shape index (κ2) is 6.55. The van der Waals surface area contributed by atoms with Gasteiger partial charge in [-0.3, -0.25) is 4.98 Å². The minimum atomic E-state index is 0.0335. The Labute approximate surface area is 148 Å². The highest BCUT2D eigenvalue weighted by molar-refractivity contribution is 7.80. The number of hydrogen-bond donors (Lipinski definition) is 1. The number of furan rings is 1. The predicted molar refractivity (Wildman–Crippen MR) is 97.6 cm³/mol. The molecule has 0 aromatic carbocycles. The second-order valence-electron chi connectivity index (χ2n) is 6.77. The second-order valence-corrected chi connectivity index (χ2v) is 7.16. The van der Waals surface area contributed by atoms with Crippen LogP contribution in [0.5, 0.6) is 0 Å². The van der Waals surface area contributed by atoms with Gasteiger partial charge in [-0.1, -0.05) is 25.3 Å². The van der Waals surface area contributed by atoms with Crippen molar-refractivity contribution in [2.45, 2.75) is 57.2 Å². The van der Waals surface area contributed by atoms with Crippen LogP contribution in [0.3, 0.4) is 0 Å².